The summed E-state index contributed by atoms with van der Waals surface area (Å²) in [5, 5.41) is 10.3. The van der Waals surface area contributed by atoms with Crippen LogP contribution in [0, 0.1) is 10.8 Å². The van der Waals surface area contributed by atoms with Crippen molar-refractivity contribution in [2.45, 2.75) is 202 Å². The Kier molecular flexibility index (Phi) is 23.2. The molecule has 0 radical (unpaired) electrons. The molecule has 2 heteroatoms. The molecular formula is C34H68O2. The van der Waals surface area contributed by atoms with Gasteiger partial charge in [0.2, 0.25) is 0 Å². The normalized spacial score (nSPS) is 12.4. The number of hydrogen-bond acceptors (Lipinski definition) is 1. The molecule has 0 spiro atoms. The van der Waals surface area contributed by atoms with Gasteiger partial charge < -0.3 is 5.11 Å². The molecule has 0 aliphatic rings. The van der Waals surface area contributed by atoms with Crippen LogP contribution in [0.1, 0.15) is 202 Å². The molecule has 1 N–H and O–H groups in total. The Morgan fingerprint density at radius 1 is 0.444 bits per heavy atom. The Morgan fingerprint density at radius 3 is 0.972 bits per heavy atom. The topological polar surface area (TPSA) is 37.3 Å². The monoisotopic (exact) mass is 509 g/mol. The molecule has 0 aliphatic heterocycles. The molecule has 36 heavy (non-hydrogen) atoms. The van der Waals surface area contributed by atoms with Crippen LogP contribution in [0.25, 0.3) is 0 Å². The molecule has 0 bridgehead atoms. The molecule has 0 rings (SSSR count). The number of rotatable bonds is 28. The molecule has 0 unspecified atom stereocenters. The molecule has 0 aliphatic carbocycles. The summed E-state index contributed by atoms with van der Waals surface area (Å²) in [4.78, 5) is 12.6. The van der Waals surface area contributed by atoms with E-state index in [9.17, 15) is 9.90 Å². The van der Waals surface area contributed by atoms with Gasteiger partial charge in [-0.05, 0) is 43.9 Å². The Balaban J connectivity index is 4.94. The highest BCUT2D eigenvalue weighted by molar-refractivity contribution is 5.74. The van der Waals surface area contributed by atoms with E-state index in [4.69, 9.17) is 0 Å². The van der Waals surface area contributed by atoms with E-state index >= 15 is 0 Å². The van der Waals surface area contributed by atoms with Crippen molar-refractivity contribution >= 4 is 5.97 Å². The van der Waals surface area contributed by atoms with Gasteiger partial charge in [0.05, 0.1) is 5.41 Å². The minimum atomic E-state index is -0.509. The maximum absolute atomic E-state index is 12.6. The fourth-order valence-electron chi connectivity index (χ4n) is 6.38. The Morgan fingerprint density at radius 2 is 0.722 bits per heavy atom. The molecule has 216 valence electrons. The fraction of sp³-hybridized carbons (Fsp3) is 0.971. The van der Waals surface area contributed by atoms with Crippen LogP contribution in [0.3, 0.4) is 0 Å². The second-order valence-corrected chi connectivity index (χ2v) is 12.2. The highest BCUT2D eigenvalue weighted by Gasteiger charge is 2.36. The molecular weight excluding hydrogens is 440 g/mol. The summed E-state index contributed by atoms with van der Waals surface area (Å²) in [6, 6.07) is 0. The highest BCUT2D eigenvalue weighted by Crippen LogP contribution is 2.42. The standard InChI is InChI=1S/C34H68O2/c1-6-11-15-20-26-33(10-5,27-21-16-12-7-2)28-22-19-25-31-34(32(35)36,29-23-17-13-8-3)30-24-18-14-9-4/h6-31H2,1-5H3,(H,35,36). The molecule has 2 nitrogen and oxygen atoms in total. The molecule has 0 saturated carbocycles. The summed E-state index contributed by atoms with van der Waals surface area (Å²) in [5.41, 5.74) is 0.0648. The molecule has 0 amide bonds. The predicted molar refractivity (Wildman–Crippen MR) is 161 cm³/mol. The van der Waals surface area contributed by atoms with Crippen molar-refractivity contribution in [3.8, 4) is 0 Å². The number of carboxylic acid groups (broad SMARTS) is 1. The number of carboxylic acids is 1. The van der Waals surface area contributed by atoms with E-state index in [1.54, 1.807) is 0 Å². The van der Waals surface area contributed by atoms with Gasteiger partial charge in [0, 0.05) is 0 Å². The van der Waals surface area contributed by atoms with Crippen LogP contribution < -0.4 is 0 Å². The van der Waals surface area contributed by atoms with E-state index in [0.717, 1.165) is 38.5 Å². The van der Waals surface area contributed by atoms with Crippen LogP contribution >= 0.6 is 0 Å². The van der Waals surface area contributed by atoms with E-state index in [0.29, 0.717) is 5.41 Å². The molecule has 0 aromatic heterocycles. The average Bonchev–Trinajstić information content (AvgIpc) is 2.88. The quantitative estimate of drug-likeness (QED) is 0.107. The van der Waals surface area contributed by atoms with Crippen molar-refractivity contribution in [1.29, 1.82) is 0 Å². The first kappa shape index (κ1) is 35.5. The Bertz CT molecular complexity index is 460. The third-order valence-electron chi connectivity index (χ3n) is 9.21. The van der Waals surface area contributed by atoms with Gasteiger partial charge in [-0.15, -0.1) is 0 Å². The lowest BCUT2D eigenvalue weighted by atomic mass is 9.71. The first-order chi connectivity index (χ1) is 17.5. The van der Waals surface area contributed by atoms with Gasteiger partial charge in [-0.2, -0.15) is 0 Å². The molecule has 0 saturated heterocycles. The largest absolute Gasteiger partial charge is 0.481 e. The van der Waals surface area contributed by atoms with Crippen molar-refractivity contribution in [1.82, 2.24) is 0 Å². The smallest absolute Gasteiger partial charge is 0.309 e. The highest BCUT2D eigenvalue weighted by atomic mass is 16.4. The van der Waals surface area contributed by atoms with Crippen LogP contribution in [0.15, 0.2) is 0 Å². The molecule has 0 heterocycles. The third-order valence-corrected chi connectivity index (χ3v) is 9.21. The van der Waals surface area contributed by atoms with Crippen molar-refractivity contribution < 1.29 is 9.90 Å². The van der Waals surface area contributed by atoms with E-state index in [2.05, 4.69) is 34.6 Å². The summed E-state index contributed by atoms with van der Waals surface area (Å²) in [6.45, 7) is 11.5. The maximum Gasteiger partial charge on any atom is 0.309 e. The molecule has 0 atom stereocenters. The zero-order valence-corrected chi connectivity index (χ0v) is 25.7. The summed E-state index contributed by atoms with van der Waals surface area (Å²) in [6.07, 6.45) is 32.2. The summed E-state index contributed by atoms with van der Waals surface area (Å²) < 4.78 is 0. The maximum atomic E-state index is 12.6. The van der Waals surface area contributed by atoms with E-state index in [1.165, 1.54) is 128 Å². The van der Waals surface area contributed by atoms with Crippen LogP contribution in [-0.2, 0) is 4.79 Å². The molecule has 0 aromatic rings. The second-order valence-electron chi connectivity index (χ2n) is 12.2. The minimum absolute atomic E-state index is 0.469. The molecule has 0 aromatic carbocycles. The van der Waals surface area contributed by atoms with Crippen molar-refractivity contribution in [2.75, 3.05) is 0 Å². The van der Waals surface area contributed by atoms with Crippen molar-refractivity contribution in [2.24, 2.45) is 10.8 Å². The number of unbranched alkanes of at least 4 members (excludes halogenated alkanes) is 14. The second kappa shape index (κ2) is 23.6. The minimum Gasteiger partial charge on any atom is -0.481 e. The fourth-order valence-corrected chi connectivity index (χ4v) is 6.38. The van der Waals surface area contributed by atoms with Gasteiger partial charge in [0.1, 0.15) is 0 Å². The first-order valence-electron chi connectivity index (χ1n) is 16.7. The van der Waals surface area contributed by atoms with Gasteiger partial charge in [-0.1, -0.05) is 163 Å². The Hall–Kier alpha value is -0.530. The Labute approximate surface area is 228 Å². The summed E-state index contributed by atoms with van der Waals surface area (Å²) in [7, 11) is 0. The summed E-state index contributed by atoms with van der Waals surface area (Å²) >= 11 is 0. The van der Waals surface area contributed by atoms with Crippen molar-refractivity contribution in [3.05, 3.63) is 0 Å². The first-order valence-corrected chi connectivity index (χ1v) is 16.7. The lowest BCUT2D eigenvalue weighted by Crippen LogP contribution is -2.31. The summed E-state index contributed by atoms with van der Waals surface area (Å²) in [5.74, 6) is -0.509. The van der Waals surface area contributed by atoms with E-state index < -0.39 is 11.4 Å². The van der Waals surface area contributed by atoms with Crippen LogP contribution in [-0.4, -0.2) is 11.1 Å². The van der Waals surface area contributed by atoms with Gasteiger partial charge in [0.25, 0.3) is 0 Å². The van der Waals surface area contributed by atoms with Gasteiger partial charge in [-0.3, -0.25) is 4.79 Å². The lowest BCUT2D eigenvalue weighted by Gasteiger charge is -2.34. The lowest BCUT2D eigenvalue weighted by molar-refractivity contribution is -0.150. The number of hydrogen-bond donors (Lipinski definition) is 1. The van der Waals surface area contributed by atoms with Crippen LogP contribution in [0.2, 0.25) is 0 Å². The SMILES string of the molecule is CCCCCCC(CC)(CCCCCC)CCCCCC(CCCCCC)(CCCCCC)C(=O)O. The zero-order chi connectivity index (χ0) is 27.0. The predicted octanol–water partition coefficient (Wildman–Crippen LogP) is 12.3. The third kappa shape index (κ3) is 16.3. The van der Waals surface area contributed by atoms with Gasteiger partial charge in [-0.25, -0.2) is 0 Å². The number of aliphatic carboxylic acids is 1. The van der Waals surface area contributed by atoms with E-state index in [-0.39, 0.29) is 0 Å². The van der Waals surface area contributed by atoms with E-state index in [1.807, 2.05) is 0 Å². The zero-order valence-electron chi connectivity index (χ0n) is 25.7. The average molecular weight is 509 g/mol. The van der Waals surface area contributed by atoms with Gasteiger partial charge in [0.15, 0.2) is 0 Å². The van der Waals surface area contributed by atoms with Crippen LogP contribution in [0.5, 0.6) is 0 Å². The molecule has 0 fully saturated rings. The van der Waals surface area contributed by atoms with Crippen LogP contribution in [0.4, 0.5) is 0 Å². The number of carbonyl (C=O) groups is 1. The van der Waals surface area contributed by atoms with Crippen molar-refractivity contribution in [3.63, 3.8) is 0 Å². The van der Waals surface area contributed by atoms with Gasteiger partial charge >= 0.3 is 5.97 Å².